The first-order valence-corrected chi connectivity index (χ1v) is 9.17. The highest BCUT2D eigenvalue weighted by Gasteiger charge is 2.28. The van der Waals surface area contributed by atoms with Crippen molar-refractivity contribution in [1.29, 1.82) is 0 Å². The van der Waals surface area contributed by atoms with E-state index in [2.05, 4.69) is 51.5 Å². The third kappa shape index (κ3) is 3.90. The largest absolute Gasteiger partial charge is 0.355 e. The average Bonchev–Trinajstić information content (AvgIpc) is 3.39. The lowest BCUT2D eigenvalue weighted by Crippen LogP contribution is -2.37. The molecule has 1 N–H and O–H groups in total. The predicted molar refractivity (Wildman–Crippen MR) is 102 cm³/mol. The zero-order valence-electron chi connectivity index (χ0n) is 15.2. The molecule has 3 aromatic rings. The molecule has 2 atom stereocenters. The Hall–Kier alpha value is -2.99. The minimum absolute atomic E-state index is 0.113. The van der Waals surface area contributed by atoms with E-state index in [9.17, 15) is 4.79 Å². The van der Waals surface area contributed by atoms with Gasteiger partial charge >= 0.3 is 0 Å². The molecule has 1 aliphatic rings. The minimum Gasteiger partial charge on any atom is -0.355 e. The van der Waals surface area contributed by atoms with E-state index in [-0.39, 0.29) is 11.9 Å². The molecule has 1 fully saturated rings. The number of amides is 1. The van der Waals surface area contributed by atoms with Gasteiger partial charge in [-0.1, -0.05) is 35.5 Å². The summed E-state index contributed by atoms with van der Waals surface area (Å²) < 4.78 is 5.29. The Kier molecular flexibility index (Phi) is 4.98. The second-order valence-corrected chi connectivity index (χ2v) is 6.86. The number of carbonyl (C=O) groups is 1. The molecule has 138 valence electrons. The highest BCUT2D eigenvalue weighted by Crippen LogP contribution is 2.25. The maximum Gasteiger partial charge on any atom is 0.273 e. The summed E-state index contributed by atoms with van der Waals surface area (Å²) in [6, 6.07) is 16.2. The number of nitrogens with zero attached hydrogens (tertiary/aromatic N) is 3. The molecule has 2 aromatic heterocycles. The lowest BCUT2D eigenvalue weighted by atomic mass is 10.1. The molecule has 0 bridgehead atoms. The van der Waals surface area contributed by atoms with Crippen molar-refractivity contribution in [3.05, 3.63) is 72.2 Å². The van der Waals surface area contributed by atoms with Crippen LogP contribution in [0.25, 0.3) is 11.3 Å². The summed E-state index contributed by atoms with van der Waals surface area (Å²) in [5.74, 6) is 0.340. The smallest absolute Gasteiger partial charge is 0.273 e. The number of hydrogen-bond acceptors (Lipinski definition) is 5. The first-order chi connectivity index (χ1) is 13.2. The van der Waals surface area contributed by atoms with Crippen LogP contribution in [0.1, 0.15) is 35.4 Å². The molecule has 1 saturated heterocycles. The number of pyridine rings is 1. The van der Waals surface area contributed by atoms with Crippen molar-refractivity contribution in [2.24, 2.45) is 0 Å². The Bertz CT molecular complexity index is 895. The fourth-order valence-electron chi connectivity index (χ4n) is 3.49. The van der Waals surface area contributed by atoms with Gasteiger partial charge in [0.2, 0.25) is 0 Å². The van der Waals surface area contributed by atoms with Crippen LogP contribution in [-0.2, 0) is 0 Å². The van der Waals surface area contributed by atoms with Gasteiger partial charge in [0.25, 0.3) is 5.91 Å². The quantitative estimate of drug-likeness (QED) is 0.754. The van der Waals surface area contributed by atoms with Crippen molar-refractivity contribution in [3.63, 3.8) is 0 Å². The van der Waals surface area contributed by atoms with Crippen molar-refractivity contribution < 1.29 is 9.32 Å². The molecule has 27 heavy (non-hydrogen) atoms. The van der Waals surface area contributed by atoms with Crippen LogP contribution in [0.3, 0.4) is 0 Å². The zero-order valence-corrected chi connectivity index (χ0v) is 15.2. The molecular weight excluding hydrogens is 340 g/mol. The maximum absolute atomic E-state index is 12.5. The van der Waals surface area contributed by atoms with Gasteiger partial charge in [-0.3, -0.25) is 14.7 Å². The summed E-state index contributed by atoms with van der Waals surface area (Å²) in [7, 11) is 0. The van der Waals surface area contributed by atoms with Crippen molar-refractivity contribution >= 4 is 5.91 Å². The van der Waals surface area contributed by atoms with Crippen molar-refractivity contribution in [2.75, 3.05) is 13.1 Å². The number of hydrogen-bond donors (Lipinski definition) is 1. The van der Waals surface area contributed by atoms with E-state index in [0.717, 1.165) is 25.1 Å². The van der Waals surface area contributed by atoms with E-state index >= 15 is 0 Å². The minimum atomic E-state index is -0.201. The highest BCUT2D eigenvalue weighted by molar-refractivity contribution is 5.93. The fourth-order valence-corrected chi connectivity index (χ4v) is 3.49. The van der Waals surface area contributed by atoms with E-state index in [1.54, 1.807) is 18.5 Å². The summed E-state index contributed by atoms with van der Waals surface area (Å²) in [6.07, 6.45) is 4.30. The summed E-state index contributed by atoms with van der Waals surface area (Å²) >= 11 is 0. The molecule has 0 radical (unpaired) electrons. The van der Waals surface area contributed by atoms with Gasteiger partial charge in [0, 0.05) is 49.2 Å². The molecule has 1 aliphatic heterocycles. The van der Waals surface area contributed by atoms with Gasteiger partial charge in [0.05, 0.1) is 0 Å². The van der Waals surface area contributed by atoms with E-state index in [0.29, 0.717) is 17.5 Å². The number of carbonyl (C=O) groups excluding carboxylic acids is 1. The summed E-state index contributed by atoms with van der Waals surface area (Å²) in [5, 5.41) is 6.99. The van der Waals surface area contributed by atoms with Gasteiger partial charge in [-0.05, 0) is 31.0 Å². The second kappa shape index (κ2) is 7.72. The summed E-state index contributed by atoms with van der Waals surface area (Å²) in [4.78, 5) is 19.0. The number of rotatable bonds is 5. The molecule has 2 unspecified atom stereocenters. The fraction of sp³-hybridized carbons (Fsp3) is 0.286. The van der Waals surface area contributed by atoms with Crippen molar-refractivity contribution in [2.45, 2.75) is 25.4 Å². The van der Waals surface area contributed by atoms with Gasteiger partial charge in [0.15, 0.2) is 11.5 Å². The van der Waals surface area contributed by atoms with Crippen LogP contribution in [0.15, 0.2) is 65.4 Å². The zero-order chi connectivity index (χ0) is 18.6. The first kappa shape index (κ1) is 17.4. The van der Waals surface area contributed by atoms with E-state index < -0.39 is 0 Å². The molecule has 6 nitrogen and oxygen atoms in total. The van der Waals surface area contributed by atoms with Crippen LogP contribution in [0.2, 0.25) is 0 Å². The number of benzene rings is 1. The molecular formula is C21H22N4O2. The summed E-state index contributed by atoms with van der Waals surface area (Å²) in [6.45, 7) is 3.99. The van der Waals surface area contributed by atoms with Crippen LogP contribution >= 0.6 is 0 Å². The average molecular weight is 362 g/mol. The van der Waals surface area contributed by atoms with Crippen LogP contribution in [0, 0.1) is 0 Å². The van der Waals surface area contributed by atoms with E-state index in [1.165, 1.54) is 5.56 Å². The Morgan fingerprint density at radius 2 is 2.11 bits per heavy atom. The molecule has 1 amide bonds. The summed E-state index contributed by atoms with van der Waals surface area (Å²) in [5.41, 5.74) is 2.39. The Morgan fingerprint density at radius 1 is 1.26 bits per heavy atom. The van der Waals surface area contributed by atoms with Crippen molar-refractivity contribution in [1.82, 2.24) is 20.4 Å². The van der Waals surface area contributed by atoms with Crippen molar-refractivity contribution in [3.8, 4) is 11.3 Å². The third-order valence-electron chi connectivity index (χ3n) is 5.07. The van der Waals surface area contributed by atoms with Gasteiger partial charge < -0.3 is 9.84 Å². The van der Waals surface area contributed by atoms with E-state index in [1.807, 2.05) is 18.2 Å². The standard InChI is InChI=1S/C21H22N4O2/c1-15(16-6-3-2-4-7-16)25-11-9-18(14-25)23-21(26)19-12-20(27-24-19)17-8-5-10-22-13-17/h2-8,10,12-13,15,18H,9,11,14H2,1H3,(H,23,26). The Balaban J connectivity index is 1.36. The SMILES string of the molecule is CC(c1ccccc1)N1CCC(NC(=O)c2cc(-c3cccnc3)on2)C1. The molecule has 4 rings (SSSR count). The monoisotopic (exact) mass is 362 g/mol. The topological polar surface area (TPSA) is 71.3 Å². The van der Waals surface area contributed by atoms with Gasteiger partial charge in [-0.15, -0.1) is 0 Å². The molecule has 3 heterocycles. The normalized spacial score (nSPS) is 18.3. The first-order valence-electron chi connectivity index (χ1n) is 9.17. The molecule has 0 spiro atoms. The lowest BCUT2D eigenvalue weighted by Gasteiger charge is -2.24. The van der Waals surface area contributed by atoms with Gasteiger partial charge in [-0.2, -0.15) is 0 Å². The van der Waals surface area contributed by atoms with Crippen LogP contribution in [-0.4, -0.2) is 40.1 Å². The Morgan fingerprint density at radius 3 is 2.89 bits per heavy atom. The second-order valence-electron chi connectivity index (χ2n) is 6.86. The molecule has 1 aromatic carbocycles. The van der Waals surface area contributed by atoms with Gasteiger partial charge in [-0.25, -0.2) is 0 Å². The molecule has 0 saturated carbocycles. The lowest BCUT2D eigenvalue weighted by molar-refractivity contribution is 0.0927. The predicted octanol–water partition coefficient (Wildman–Crippen LogP) is 3.30. The highest BCUT2D eigenvalue weighted by atomic mass is 16.5. The number of aromatic nitrogens is 2. The third-order valence-corrected chi connectivity index (χ3v) is 5.07. The van der Waals surface area contributed by atoms with E-state index in [4.69, 9.17) is 4.52 Å². The van der Waals surface area contributed by atoms with Crippen LogP contribution in [0.5, 0.6) is 0 Å². The molecule has 6 heteroatoms. The number of nitrogens with one attached hydrogen (secondary N) is 1. The van der Waals surface area contributed by atoms with Crippen LogP contribution < -0.4 is 5.32 Å². The molecule has 0 aliphatic carbocycles. The maximum atomic E-state index is 12.5. The van der Waals surface area contributed by atoms with Gasteiger partial charge in [0.1, 0.15) is 0 Å². The Labute approximate surface area is 158 Å². The number of likely N-dealkylation sites (tertiary alicyclic amines) is 1. The van der Waals surface area contributed by atoms with Crippen LogP contribution in [0.4, 0.5) is 0 Å².